The molecule has 0 spiro atoms. The summed E-state index contributed by atoms with van der Waals surface area (Å²) in [7, 11) is 4.01. The van der Waals surface area contributed by atoms with Crippen LogP contribution in [0.4, 0.5) is 0 Å². The Kier molecular flexibility index (Phi) is 12.0. The number of rotatable bonds is 13. The third-order valence-electron chi connectivity index (χ3n) is 3.94. The number of amides is 1. The smallest absolute Gasteiger partial charge is 0.219 e. The lowest BCUT2D eigenvalue weighted by molar-refractivity contribution is -0.121. The zero-order chi connectivity index (χ0) is 16.0. The molecule has 1 amide bonds. The fourth-order valence-electron chi connectivity index (χ4n) is 2.57. The van der Waals surface area contributed by atoms with E-state index < -0.39 is 0 Å². The van der Waals surface area contributed by atoms with Gasteiger partial charge in [-0.05, 0) is 39.0 Å². The molecule has 1 saturated heterocycles. The van der Waals surface area contributed by atoms with E-state index in [2.05, 4.69) is 5.32 Å². The minimum Gasteiger partial charge on any atom is -0.356 e. The minimum atomic E-state index is 0.213. The zero-order valence-corrected chi connectivity index (χ0v) is 15.5. The van der Waals surface area contributed by atoms with Gasteiger partial charge in [0, 0.05) is 30.4 Å². The second-order valence-electron chi connectivity index (χ2n) is 6.14. The minimum absolute atomic E-state index is 0.213. The van der Waals surface area contributed by atoms with E-state index in [1.807, 2.05) is 21.6 Å². The van der Waals surface area contributed by atoms with E-state index in [0.29, 0.717) is 6.42 Å². The third kappa shape index (κ3) is 11.4. The molecule has 0 saturated carbocycles. The van der Waals surface area contributed by atoms with Crippen molar-refractivity contribution >= 4 is 33.3 Å². The number of carbonyl (C=O) groups excluding carboxylic acids is 2. The van der Waals surface area contributed by atoms with Gasteiger partial charge in [0.15, 0.2) is 0 Å². The highest BCUT2D eigenvalue weighted by Gasteiger charge is 2.15. The number of unbranched alkanes of at least 4 members (excludes halogenated alkanes) is 5. The summed E-state index contributed by atoms with van der Waals surface area (Å²) in [5.74, 6) is 1.80. The number of hydrogen-bond donors (Lipinski definition) is 1. The van der Waals surface area contributed by atoms with Gasteiger partial charge in [0.1, 0.15) is 5.78 Å². The van der Waals surface area contributed by atoms with Gasteiger partial charge in [-0.2, -0.15) is 0 Å². The van der Waals surface area contributed by atoms with E-state index in [9.17, 15) is 9.59 Å². The van der Waals surface area contributed by atoms with Crippen LogP contribution in [-0.2, 0) is 9.59 Å². The molecule has 1 N–H and O–H groups in total. The van der Waals surface area contributed by atoms with Gasteiger partial charge < -0.3 is 10.1 Å². The normalized spacial score (nSPS) is 17.6. The van der Waals surface area contributed by atoms with Gasteiger partial charge in [-0.15, -0.1) is 0 Å². The maximum atomic E-state index is 11.7. The highest BCUT2D eigenvalue weighted by Crippen LogP contribution is 2.39. The predicted octanol–water partition coefficient (Wildman–Crippen LogP) is 4.75. The third-order valence-corrected chi connectivity index (χ3v) is 6.94. The summed E-state index contributed by atoms with van der Waals surface area (Å²) in [5, 5.41) is 3.85. The van der Waals surface area contributed by atoms with E-state index in [0.717, 1.165) is 50.3 Å². The second-order valence-corrected chi connectivity index (χ2v) is 8.93. The molecule has 0 aromatic carbocycles. The molecule has 1 aliphatic rings. The van der Waals surface area contributed by atoms with Crippen LogP contribution in [0.3, 0.4) is 0 Å². The van der Waals surface area contributed by atoms with Crippen LogP contribution < -0.4 is 5.32 Å². The quantitative estimate of drug-likeness (QED) is 0.387. The van der Waals surface area contributed by atoms with Crippen molar-refractivity contribution in [2.75, 3.05) is 12.3 Å². The van der Waals surface area contributed by atoms with Gasteiger partial charge in [-0.3, -0.25) is 4.79 Å². The number of Topliss-reactive ketones (excluding diaryl/α,β-unsaturated/α-hetero) is 1. The van der Waals surface area contributed by atoms with Crippen molar-refractivity contribution in [2.45, 2.75) is 82.8 Å². The van der Waals surface area contributed by atoms with Crippen molar-refractivity contribution in [1.82, 2.24) is 5.32 Å². The fraction of sp³-hybridized carbons (Fsp3) is 0.882. The summed E-state index contributed by atoms with van der Waals surface area (Å²) in [5.41, 5.74) is 0. The topological polar surface area (TPSA) is 46.2 Å². The Morgan fingerprint density at radius 2 is 1.73 bits per heavy atom. The standard InChI is InChI=1S/C17H31NO2S2/c1-15(19)9-5-3-2-4-8-13-18-17(20)11-7-6-10-16-12-14-21-22-16/h16H,2-14H2,1H3,(H,18,20). The molecule has 1 rings (SSSR count). The average Bonchev–Trinajstić information content (AvgIpc) is 2.99. The molecule has 1 aliphatic heterocycles. The molecule has 0 aliphatic carbocycles. The van der Waals surface area contributed by atoms with Crippen LogP contribution in [0.1, 0.15) is 77.6 Å². The summed E-state index contributed by atoms with van der Waals surface area (Å²) < 4.78 is 0. The Morgan fingerprint density at radius 1 is 1.00 bits per heavy atom. The summed E-state index contributed by atoms with van der Waals surface area (Å²) in [6, 6.07) is 0. The Balaban J connectivity index is 1.79. The average molecular weight is 346 g/mol. The molecule has 3 nitrogen and oxygen atoms in total. The molecule has 128 valence electrons. The summed E-state index contributed by atoms with van der Waals surface area (Å²) in [6.07, 6.45) is 11.7. The van der Waals surface area contributed by atoms with Crippen LogP contribution in [-0.4, -0.2) is 29.2 Å². The molecular weight excluding hydrogens is 314 g/mol. The van der Waals surface area contributed by atoms with Crippen LogP contribution in [0.2, 0.25) is 0 Å². The molecule has 0 radical (unpaired) electrons. The molecule has 0 bridgehead atoms. The lowest BCUT2D eigenvalue weighted by Gasteiger charge is -2.07. The first kappa shape index (κ1) is 19.9. The van der Waals surface area contributed by atoms with E-state index in [4.69, 9.17) is 0 Å². The predicted molar refractivity (Wildman–Crippen MR) is 98.3 cm³/mol. The van der Waals surface area contributed by atoms with Gasteiger partial charge >= 0.3 is 0 Å². The monoisotopic (exact) mass is 345 g/mol. The van der Waals surface area contributed by atoms with Crippen LogP contribution in [0.25, 0.3) is 0 Å². The highest BCUT2D eigenvalue weighted by atomic mass is 33.1. The molecule has 5 heteroatoms. The first-order valence-corrected chi connectivity index (χ1v) is 11.1. The maximum Gasteiger partial charge on any atom is 0.219 e. The van der Waals surface area contributed by atoms with Gasteiger partial charge in [0.2, 0.25) is 5.91 Å². The Bertz CT molecular complexity index is 318. The van der Waals surface area contributed by atoms with E-state index in [1.54, 1.807) is 6.92 Å². The van der Waals surface area contributed by atoms with Crippen LogP contribution in [0.5, 0.6) is 0 Å². The molecule has 1 unspecified atom stereocenters. The molecule has 1 fully saturated rings. The Labute approximate surface area is 143 Å². The lowest BCUT2D eigenvalue weighted by Crippen LogP contribution is -2.24. The van der Waals surface area contributed by atoms with Crippen molar-refractivity contribution in [1.29, 1.82) is 0 Å². The number of carbonyl (C=O) groups is 2. The fourth-order valence-corrected chi connectivity index (χ4v) is 5.60. The Morgan fingerprint density at radius 3 is 2.45 bits per heavy atom. The van der Waals surface area contributed by atoms with Crippen LogP contribution in [0.15, 0.2) is 0 Å². The summed E-state index contributed by atoms with van der Waals surface area (Å²) in [4.78, 5) is 22.5. The Hall–Kier alpha value is -0.160. The second kappa shape index (κ2) is 13.3. The van der Waals surface area contributed by atoms with Gasteiger partial charge in [-0.25, -0.2) is 0 Å². The largest absolute Gasteiger partial charge is 0.356 e. The van der Waals surface area contributed by atoms with E-state index in [-0.39, 0.29) is 11.7 Å². The van der Waals surface area contributed by atoms with Crippen LogP contribution in [0, 0.1) is 0 Å². The summed E-state index contributed by atoms with van der Waals surface area (Å²) in [6.45, 7) is 2.46. The van der Waals surface area contributed by atoms with E-state index >= 15 is 0 Å². The SMILES string of the molecule is CC(=O)CCCCCCCNC(=O)CCCCC1CCSS1. The van der Waals surface area contributed by atoms with Gasteiger partial charge in [0.05, 0.1) is 0 Å². The molecular formula is C17H31NO2S2. The molecule has 0 aromatic heterocycles. The maximum absolute atomic E-state index is 11.7. The number of hydrogen-bond acceptors (Lipinski definition) is 4. The zero-order valence-electron chi connectivity index (χ0n) is 13.9. The number of ketones is 1. The molecule has 0 aromatic rings. The molecule has 1 heterocycles. The van der Waals surface area contributed by atoms with Gasteiger partial charge in [0.25, 0.3) is 0 Å². The first-order chi connectivity index (χ1) is 10.7. The number of nitrogens with one attached hydrogen (secondary N) is 1. The summed E-state index contributed by atoms with van der Waals surface area (Å²) >= 11 is 0. The van der Waals surface area contributed by atoms with Crippen molar-refractivity contribution < 1.29 is 9.59 Å². The molecule has 22 heavy (non-hydrogen) atoms. The van der Waals surface area contributed by atoms with Crippen molar-refractivity contribution in [3.8, 4) is 0 Å². The first-order valence-electron chi connectivity index (χ1n) is 8.73. The van der Waals surface area contributed by atoms with Crippen molar-refractivity contribution in [3.63, 3.8) is 0 Å². The molecule has 1 atom stereocenters. The lowest BCUT2D eigenvalue weighted by atomic mass is 10.1. The van der Waals surface area contributed by atoms with Crippen LogP contribution >= 0.6 is 21.6 Å². The van der Waals surface area contributed by atoms with E-state index in [1.165, 1.54) is 31.4 Å². The van der Waals surface area contributed by atoms with Crippen molar-refractivity contribution in [3.05, 3.63) is 0 Å². The highest BCUT2D eigenvalue weighted by molar-refractivity contribution is 8.77. The van der Waals surface area contributed by atoms with Crippen molar-refractivity contribution in [2.24, 2.45) is 0 Å². The van der Waals surface area contributed by atoms with Gasteiger partial charge in [-0.1, -0.05) is 47.3 Å².